The summed E-state index contributed by atoms with van der Waals surface area (Å²) >= 11 is 0. The van der Waals surface area contributed by atoms with E-state index in [4.69, 9.17) is 0 Å². The molecule has 0 spiro atoms. The Bertz CT molecular complexity index is 512. The lowest BCUT2D eigenvalue weighted by atomic mass is 10.2. The second-order valence-electron chi connectivity index (χ2n) is 3.65. The van der Waals surface area contributed by atoms with Gasteiger partial charge in [0.25, 0.3) is 0 Å². The molecule has 88 valence electrons. The van der Waals surface area contributed by atoms with Gasteiger partial charge in [-0.2, -0.15) is 5.10 Å². The molecule has 0 radical (unpaired) electrons. The molecule has 0 bridgehead atoms. The van der Waals surface area contributed by atoms with Crippen LogP contribution in [0.3, 0.4) is 0 Å². The molecule has 0 aliphatic carbocycles. The number of benzene rings is 1. The van der Waals surface area contributed by atoms with E-state index < -0.39 is 11.6 Å². The van der Waals surface area contributed by atoms with Crippen LogP contribution in [0, 0.1) is 18.6 Å². The van der Waals surface area contributed by atoms with Crippen molar-refractivity contribution >= 4 is 5.82 Å². The second-order valence-corrected chi connectivity index (χ2v) is 3.65. The van der Waals surface area contributed by atoms with Gasteiger partial charge in [0.05, 0.1) is 5.69 Å². The first-order chi connectivity index (χ1) is 8.15. The maximum absolute atomic E-state index is 13.3. The van der Waals surface area contributed by atoms with E-state index in [1.54, 1.807) is 12.1 Å². The lowest BCUT2D eigenvalue weighted by Gasteiger charge is -2.06. The van der Waals surface area contributed by atoms with Crippen molar-refractivity contribution in [1.82, 2.24) is 10.2 Å². The molecular weight excluding hydrogens is 224 g/mol. The Morgan fingerprint density at radius 2 is 1.94 bits per heavy atom. The van der Waals surface area contributed by atoms with Crippen LogP contribution in [-0.2, 0) is 6.54 Å². The Hall–Kier alpha value is -2.04. The van der Waals surface area contributed by atoms with Crippen molar-refractivity contribution in [3.05, 3.63) is 53.2 Å². The van der Waals surface area contributed by atoms with Crippen molar-refractivity contribution in [2.24, 2.45) is 0 Å². The number of hydrogen-bond acceptors (Lipinski definition) is 3. The van der Waals surface area contributed by atoms with Crippen LogP contribution in [0.2, 0.25) is 0 Å². The summed E-state index contributed by atoms with van der Waals surface area (Å²) in [5, 5.41) is 10.7. The maximum Gasteiger partial charge on any atom is 0.148 e. The summed E-state index contributed by atoms with van der Waals surface area (Å²) in [5.74, 6) is -0.599. The van der Waals surface area contributed by atoms with Crippen molar-refractivity contribution in [2.45, 2.75) is 13.5 Å². The largest absolute Gasteiger partial charge is 0.364 e. The smallest absolute Gasteiger partial charge is 0.148 e. The summed E-state index contributed by atoms with van der Waals surface area (Å²) in [4.78, 5) is 0. The van der Waals surface area contributed by atoms with Crippen LogP contribution in [0.1, 0.15) is 11.3 Å². The van der Waals surface area contributed by atoms with Gasteiger partial charge in [-0.05, 0) is 25.1 Å². The molecule has 2 rings (SSSR count). The van der Waals surface area contributed by atoms with Gasteiger partial charge in [0, 0.05) is 18.2 Å². The fraction of sp³-hybridized carbons (Fsp3) is 0.167. The first-order valence-corrected chi connectivity index (χ1v) is 5.13. The summed E-state index contributed by atoms with van der Waals surface area (Å²) in [5.41, 5.74) is 1.19. The summed E-state index contributed by atoms with van der Waals surface area (Å²) in [6.07, 6.45) is 0. The van der Waals surface area contributed by atoms with Crippen molar-refractivity contribution in [3.63, 3.8) is 0 Å². The predicted molar refractivity (Wildman–Crippen MR) is 60.5 cm³/mol. The summed E-state index contributed by atoms with van der Waals surface area (Å²) in [7, 11) is 0. The van der Waals surface area contributed by atoms with Crippen molar-refractivity contribution in [2.75, 3.05) is 5.32 Å². The third-order valence-corrected chi connectivity index (χ3v) is 2.27. The highest BCUT2D eigenvalue weighted by Crippen LogP contribution is 2.11. The molecule has 0 aliphatic heterocycles. The zero-order valence-corrected chi connectivity index (χ0v) is 9.24. The lowest BCUT2D eigenvalue weighted by molar-refractivity contribution is 0.574. The minimum absolute atomic E-state index is 0.240. The molecule has 0 atom stereocenters. The van der Waals surface area contributed by atoms with Crippen molar-refractivity contribution in [3.8, 4) is 0 Å². The van der Waals surface area contributed by atoms with Crippen LogP contribution in [0.4, 0.5) is 14.6 Å². The van der Waals surface area contributed by atoms with Crippen LogP contribution in [0.25, 0.3) is 0 Å². The molecule has 0 fully saturated rings. The standard InChI is InChI=1S/C12H11F2N3/c1-8-2-5-12(17-16-8)15-7-9-3-4-10(13)6-11(9)14/h2-6H,7H2,1H3,(H,15,17). The second kappa shape index (κ2) is 4.86. The third-order valence-electron chi connectivity index (χ3n) is 2.27. The minimum Gasteiger partial charge on any atom is -0.364 e. The number of aryl methyl sites for hydroxylation is 1. The summed E-state index contributed by atoms with van der Waals surface area (Å²) in [6.45, 7) is 2.07. The Morgan fingerprint density at radius 3 is 2.59 bits per heavy atom. The van der Waals surface area contributed by atoms with E-state index in [1.165, 1.54) is 12.1 Å². The zero-order chi connectivity index (χ0) is 12.3. The van der Waals surface area contributed by atoms with E-state index in [0.29, 0.717) is 11.4 Å². The SMILES string of the molecule is Cc1ccc(NCc2ccc(F)cc2F)nn1. The molecular formula is C12H11F2N3. The van der Waals surface area contributed by atoms with Crippen LogP contribution >= 0.6 is 0 Å². The average molecular weight is 235 g/mol. The first kappa shape index (κ1) is 11.4. The van der Waals surface area contributed by atoms with Gasteiger partial charge in [0.2, 0.25) is 0 Å². The van der Waals surface area contributed by atoms with Crippen LogP contribution in [0.5, 0.6) is 0 Å². The molecule has 1 N–H and O–H groups in total. The normalized spacial score (nSPS) is 10.3. The molecule has 1 aromatic heterocycles. The molecule has 0 unspecified atom stereocenters. The number of rotatable bonds is 3. The lowest BCUT2D eigenvalue weighted by Crippen LogP contribution is -2.04. The van der Waals surface area contributed by atoms with E-state index in [9.17, 15) is 8.78 Å². The third kappa shape index (κ3) is 2.96. The predicted octanol–water partition coefficient (Wildman–Crippen LogP) is 2.68. The fourth-order valence-corrected chi connectivity index (χ4v) is 1.34. The van der Waals surface area contributed by atoms with Crippen LogP contribution in [0.15, 0.2) is 30.3 Å². The zero-order valence-electron chi connectivity index (χ0n) is 9.24. The maximum atomic E-state index is 13.3. The molecule has 0 amide bonds. The van der Waals surface area contributed by atoms with E-state index in [0.717, 1.165) is 11.8 Å². The molecule has 3 nitrogen and oxygen atoms in total. The van der Waals surface area contributed by atoms with Gasteiger partial charge in [-0.15, -0.1) is 5.10 Å². The molecule has 2 aromatic rings. The van der Waals surface area contributed by atoms with Crippen molar-refractivity contribution < 1.29 is 8.78 Å². The Labute approximate surface area is 97.5 Å². The number of aromatic nitrogens is 2. The Kier molecular flexibility index (Phi) is 3.27. The molecule has 5 heteroatoms. The van der Waals surface area contributed by atoms with E-state index in [2.05, 4.69) is 15.5 Å². The van der Waals surface area contributed by atoms with Gasteiger partial charge in [0.1, 0.15) is 17.5 Å². The first-order valence-electron chi connectivity index (χ1n) is 5.13. The van der Waals surface area contributed by atoms with E-state index >= 15 is 0 Å². The number of hydrogen-bond donors (Lipinski definition) is 1. The summed E-state index contributed by atoms with van der Waals surface area (Å²) < 4.78 is 26.0. The molecule has 0 saturated carbocycles. The topological polar surface area (TPSA) is 37.8 Å². The molecule has 0 aliphatic rings. The van der Waals surface area contributed by atoms with Gasteiger partial charge in [-0.1, -0.05) is 6.07 Å². The highest BCUT2D eigenvalue weighted by Gasteiger charge is 2.03. The number of halogens is 2. The molecule has 0 saturated heterocycles. The van der Waals surface area contributed by atoms with Gasteiger partial charge < -0.3 is 5.32 Å². The highest BCUT2D eigenvalue weighted by molar-refractivity contribution is 5.34. The van der Waals surface area contributed by atoms with Gasteiger partial charge in [-0.3, -0.25) is 0 Å². The average Bonchev–Trinajstić information content (AvgIpc) is 2.30. The quantitative estimate of drug-likeness (QED) is 0.888. The van der Waals surface area contributed by atoms with Gasteiger partial charge in [-0.25, -0.2) is 8.78 Å². The molecule has 1 aromatic carbocycles. The highest BCUT2D eigenvalue weighted by atomic mass is 19.1. The van der Waals surface area contributed by atoms with Crippen LogP contribution < -0.4 is 5.32 Å². The Morgan fingerprint density at radius 1 is 1.12 bits per heavy atom. The molecule has 17 heavy (non-hydrogen) atoms. The van der Waals surface area contributed by atoms with Crippen molar-refractivity contribution in [1.29, 1.82) is 0 Å². The van der Waals surface area contributed by atoms with Gasteiger partial charge in [0.15, 0.2) is 0 Å². The Balaban J connectivity index is 2.04. The number of nitrogens with one attached hydrogen (secondary N) is 1. The fourth-order valence-electron chi connectivity index (χ4n) is 1.34. The number of nitrogens with zero attached hydrogens (tertiary/aromatic N) is 2. The van der Waals surface area contributed by atoms with Crippen LogP contribution in [-0.4, -0.2) is 10.2 Å². The van der Waals surface area contributed by atoms with Gasteiger partial charge >= 0.3 is 0 Å². The van der Waals surface area contributed by atoms with E-state index in [-0.39, 0.29) is 6.54 Å². The molecule has 1 heterocycles. The monoisotopic (exact) mass is 235 g/mol. The number of anilines is 1. The summed E-state index contributed by atoms with van der Waals surface area (Å²) in [6, 6.07) is 7.04. The minimum atomic E-state index is -0.582. The van der Waals surface area contributed by atoms with E-state index in [1.807, 2.05) is 6.92 Å².